The Bertz CT molecular complexity index is 298. The number of aromatic nitrogens is 3. The van der Waals surface area contributed by atoms with Crippen LogP contribution in [0.4, 0.5) is 17.8 Å². The van der Waals surface area contributed by atoms with Gasteiger partial charge >= 0.3 is 7.69 Å². The summed E-state index contributed by atoms with van der Waals surface area (Å²) in [5.41, 5.74) is 15.1. The summed E-state index contributed by atoms with van der Waals surface area (Å²) in [5.74, 6) is 0.125. The average molecular weight is 276 g/mol. The van der Waals surface area contributed by atoms with E-state index in [4.69, 9.17) is 37.5 Å². The van der Waals surface area contributed by atoms with Crippen molar-refractivity contribution in [2.75, 3.05) is 30.4 Å². The van der Waals surface area contributed by atoms with Crippen molar-refractivity contribution in [1.29, 1.82) is 0 Å². The zero-order valence-corrected chi connectivity index (χ0v) is 11.0. The van der Waals surface area contributed by atoms with E-state index in [1.54, 1.807) is 13.8 Å². The molecule has 0 fully saturated rings. The minimum atomic E-state index is -0.750. The maximum Gasteiger partial charge on any atom is 0.432 e. The topological polar surface area (TPSA) is 198 Å². The van der Waals surface area contributed by atoms with Crippen LogP contribution in [0.25, 0.3) is 0 Å². The first-order valence-electron chi connectivity index (χ1n) is 5.18. The van der Waals surface area contributed by atoms with Crippen LogP contribution < -0.4 is 17.2 Å². The summed E-state index contributed by atoms with van der Waals surface area (Å²) in [5, 5.41) is 31.1. The van der Waals surface area contributed by atoms with Crippen LogP contribution in [-0.2, 0) is 0 Å². The standard InChI is InChI=1S/C5H12O2.C3H6N6.BH3O2/c1-5(2,3-6)4-7;4-1-7-2(5)9-3(6)8-1;2-1-3/h6-7H,3-4H2,1-2H3;(H6,4,5,6,7,8,9);1-3H. The number of nitrogen functional groups attached to an aromatic ring is 3. The van der Waals surface area contributed by atoms with E-state index in [1.807, 2.05) is 0 Å². The predicted octanol–water partition coefficient (Wildman–Crippen LogP) is -3.15. The second-order valence-corrected chi connectivity index (χ2v) is 4.03. The fraction of sp³-hybridized carbons (Fsp3) is 0.625. The predicted molar refractivity (Wildman–Crippen MR) is 72.6 cm³/mol. The van der Waals surface area contributed by atoms with Crippen molar-refractivity contribution >= 4 is 25.5 Å². The molecule has 0 amide bonds. The van der Waals surface area contributed by atoms with E-state index < -0.39 is 7.69 Å². The molecule has 0 bridgehead atoms. The van der Waals surface area contributed by atoms with Crippen molar-refractivity contribution in [3.8, 4) is 0 Å². The number of nitrogens with two attached hydrogens (primary N) is 3. The van der Waals surface area contributed by atoms with Gasteiger partial charge in [0.25, 0.3) is 0 Å². The van der Waals surface area contributed by atoms with Gasteiger partial charge in [0.05, 0.1) is 13.2 Å². The molecule has 0 saturated carbocycles. The fourth-order valence-corrected chi connectivity index (χ4v) is 0.477. The van der Waals surface area contributed by atoms with E-state index in [-0.39, 0.29) is 36.5 Å². The number of aliphatic hydroxyl groups excluding tert-OH is 2. The summed E-state index contributed by atoms with van der Waals surface area (Å²) >= 11 is 0. The molecule has 0 atom stereocenters. The number of aliphatic hydroxyl groups is 2. The van der Waals surface area contributed by atoms with E-state index in [0.717, 1.165) is 0 Å². The lowest BCUT2D eigenvalue weighted by molar-refractivity contribution is 0.0857. The van der Waals surface area contributed by atoms with Gasteiger partial charge in [0.1, 0.15) is 0 Å². The van der Waals surface area contributed by atoms with E-state index >= 15 is 0 Å². The van der Waals surface area contributed by atoms with Gasteiger partial charge in [-0.2, -0.15) is 15.0 Å². The highest BCUT2D eigenvalue weighted by atomic mass is 16.4. The fourth-order valence-electron chi connectivity index (χ4n) is 0.477. The zero-order valence-electron chi connectivity index (χ0n) is 11.0. The molecule has 0 aromatic carbocycles. The van der Waals surface area contributed by atoms with Crippen molar-refractivity contribution in [2.24, 2.45) is 5.41 Å². The molecular weight excluding hydrogens is 255 g/mol. The molecule has 19 heavy (non-hydrogen) atoms. The molecule has 11 heteroatoms. The molecule has 0 aliphatic heterocycles. The first-order chi connectivity index (χ1) is 8.72. The Hall–Kier alpha value is -1.69. The summed E-state index contributed by atoms with van der Waals surface area (Å²) in [7, 11) is -0.750. The molecule has 1 heterocycles. The molecule has 0 aliphatic rings. The second kappa shape index (κ2) is 10.3. The molecule has 110 valence electrons. The Morgan fingerprint density at radius 1 is 0.895 bits per heavy atom. The Morgan fingerprint density at radius 2 is 1.11 bits per heavy atom. The number of hydrogen-bond acceptors (Lipinski definition) is 10. The number of anilines is 3. The molecule has 10 N–H and O–H groups in total. The Balaban J connectivity index is 0. The van der Waals surface area contributed by atoms with Gasteiger partial charge in [-0.15, -0.1) is 0 Å². The molecule has 1 aromatic heterocycles. The molecule has 0 unspecified atom stereocenters. The first-order valence-corrected chi connectivity index (χ1v) is 5.18. The van der Waals surface area contributed by atoms with Crippen molar-refractivity contribution in [3.05, 3.63) is 0 Å². The zero-order chi connectivity index (χ0) is 15.5. The third kappa shape index (κ3) is 12.6. The minimum Gasteiger partial charge on any atom is -0.430 e. The third-order valence-corrected chi connectivity index (χ3v) is 1.54. The van der Waals surface area contributed by atoms with Gasteiger partial charge in [-0.1, -0.05) is 13.8 Å². The first kappa shape index (κ1) is 19.6. The number of rotatable bonds is 2. The number of nitrogens with zero attached hydrogens (tertiary/aromatic N) is 3. The molecule has 0 aliphatic carbocycles. The SMILES string of the molecule is CC(C)(CO)CO.Nc1nc(N)nc(N)n1.OBO. The van der Waals surface area contributed by atoms with Crippen molar-refractivity contribution in [2.45, 2.75) is 13.8 Å². The highest BCUT2D eigenvalue weighted by molar-refractivity contribution is 6.13. The van der Waals surface area contributed by atoms with Gasteiger partial charge in [-0.3, -0.25) is 0 Å². The number of hydrogen-bond donors (Lipinski definition) is 7. The summed E-state index contributed by atoms with van der Waals surface area (Å²) in [4.78, 5) is 10.5. The van der Waals surface area contributed by atoms with Gasteiger partial charge in [0.15, 0.2) is 0 Å². The van der Waals surface area contributed by atoms with Gasteiger partial charge < -0.3 is 37.5 Å². The van der Waals surface area contributed by atoms with E-state index in [2.05, 4.69) is 15.0 Å². The monoisotopic (exact) mass is 276 g/mol. The summed E-state index contributed by atoms with van der Waals surface area (Å²) in [6, 6.07) is 0. The summed E-state index contributed by atoms with van der Waals surface area (Å²) in [6.45, 7) is 3.69. The maximum absolute atomic E-state index is 8.43. The highest BCUT2D eigenvalue weighted by Gasteiger charge is 2.13. The Kier molecular flexibility index (Phi) is 10.6. The van der Waals surface area contributed by atoms with Crippen molar-refractivity contribution in [3.63, 3.8) is 0 Å². The summed E-state index contributed by atoms with van der Waals surface area (Å²) in [6.07, 6.45) is 0. The van der Waals surface area contributed by atoms with Crippen LogP contribution in [0.5, 0.6) is 0 Å². The molecule has 0 spiro atoms. The molecule has 1 rings (SSSR count). The molecular formula is C8H21BN6O4. The molecule has 0 radical (unpaired) electrons. The largest absolute Gasteiger partial charge is 0.432 e. The van der Waals surface area contributed by atoms with Gasteiger partial charge in [-0.05, 0) is 0 Å². The quantitative estimate of drug-likeness (QED) is 0.271. The van der Waals surface area contributed by atoms with Crippen LogP contribution in [-0.4, -0.2) is 56.1 Å². The van der Waals surface area contributed by atoms with Crippen molar-refractivity contribution < 1.29 is 20.3 Å². The lowest BCUT2D eigenvalue weighted by Crippen LogP contribution is -2.20. The van der Waals surface area contributed by atoms with Crippen LogP contribution in [0.2, 0.25) is 0 Å². The van der Waals surface area contributed by atoms with Gasteiger partial charge in [-0.25, -0.2) is 0 Å². The van der Waals surface area contributed by atoms with Gasteiger partial charge in [0.2, 0.25) is 17.8 Å². The molecule has 1 aromatic rings. The van der Waals surface area contributed by atoms with Crippen LogP contribution in [0, 0.1) is 5.41 Å². The van der Waals surface area contributed by atoms with Crippen LogP contribution >= 0.6 is 0 Å². The smallest absolute Gasteiger partial charge is 0.430 e. The Morgan fingerprint density at radius 3 is 1.21 bits per heavy atom. The lowest BCUT2D eigenvalue weighted by atomic mass is 9.97. The lowest BCUT2D eigenvalue weighted by Gasteiger charge is -2.16. The molecule has 10 nitrogen and oxygen atoms in total. The van der Waals surface area contributed by atoms with E-state index in [9.17, 15) is 0 Å². The summed E-state index contributed by atoms with van der Waals surface area (Å²) < 4.78 is 0. The average Bonchev–Trinajstić information content (AvgIpc) is 2.29. The van der Waals surface area contributed by atoms with Crippen LogP contribution in [0.1, 0.15) is 13.8 Å². The third-order valence-electron chi connectivity index (χ3n) is 1.54. The van der Waals surface area contributed by atoms with E-state index in [0.29, 0.717) is 0 Å². The van der Waals surface area contributed by atoms with Crippen molar-refractivity contribution in [1.82, 2.24) is 15.0 Å². The van der Waals surface area contributed by atoms with Crippen LogP contribution in [0.15, 0.2) is 0 Å². The molecule has 0 saturated heterocycles. The van der Waals surface area contributed by atoms with E-state index in [1.165, 1.54) is 0 Å². The Labute approximate surface area is 111 Å². The minimum absolute atomic E-state index is 0.0417. The van der Waals surface area contributed by atoms with Crippen LogP contribution in [0.3, 0.4) is 0 Å². The van der Waals surface area contributed by atoms with Gasteiger partial charge in [0, 0.05) is 5.41 Å². The maximum atomic E-state index is 8.43. The normalized spacial score (nSPS) is 9.58. The highest BCUT2D eigenvalue weighted by Crippen LogP contribution is 2.10. The second-order valence-electron chi connectivity index (χ2n) is 4.03.